The molecule has 0 atom stereocenters. The van der Waals surface area contributed by atoms with E-state index in [-0.39, 0.29) is 0 Å². The van der Waals surface area contributed by atoms with E-state index in [1.807, 2.05) is 0 Å². The van der Waals surface area contributed by atoms with Crippen molar-refractivity contribution in [2.45, 2.75) is 80.1 Å². The van der Waals surface area contributed by atoms with Crippen molar-refractivity contribution < 1.29 is 0 Å². The van der Waals surface area contributed by atoms with E-state index < -0.39 is 0 Å². The second-order valence-electron chi connectivity index (χ2n) is 19.0. The van der Waals surface area contributed by atoms with E-state index >= 15 is 0 Å². The van der Waals surface area contributed by atoms with Crippen LogP contribution in [0.5, 0.6) is 0 Å². The van der Waals surface area contributed by atoms with Crippen LogP contribution in [0.1, 0.15) is 86.9 Å². The number of rotatable bonds is 4. The van der Waals surface area contributed by atoms with Gasteiger partial charge in [-0.3, -0.25) is 0 Å². The minimum absolute atomic E-state index is 0.680. The highest BCUT2D eigenvalue weighted by Crippen LogP contribution is 2.50. The number of aryl methyl sites for hydroxylation is 2. The molecule has 3 aliphatic rings. The minimum Gasteiger partial charge on any atom is -0.0909 e. The quantitative estimate of drug-likeness (QED) is 0.155. The second-order valence-corrected chi connectivity index (χ2v) is 19.0. The summed E-state index contributed by atoms with van der Waals surface area (Å²) in [4.78, 5) is 0. The van der Waals surface area contributed by atoms with Crippen LogP contribution in [0.4, 0.5) is 0 Å². The van der Waals surface area contributed by atoms with Crippen LogP contribution < -0.4 is 16.4 Å². The molecule has 0 bridgehead atoms. The Morgan fingerprint density at radius 2 is 1.02 bits per heavy atom. The summed E-state index contributed by atoms with van der Waals surface area (Å²) in [5.41, 5.74) is 29.2. The third kappa shape index (κ3) is 6.60. The second kappa shape index (κ2) is 16.0. The Balaban J connectivity index is 1.18. The van der Waals surface area contributed by atoms with E-state index in [1.54, 1.807) is 0 Å². The van der Waals surface area contributed by atoms with Crippen LogP contribution >= 0.6 is 0 Å². The van der Waals surface area contributed by atoms with Crippen LogP contribution in [0.3, 0.4) is 0 Å². The number of hydrogen-bond donors (Lipinski definition) is 0. The standard InChI is InChI=1S/C62H51B3/c1-34-29-54(43-19-14-18-41(30-43)40-15-8-7-9-16-40)56-38(5)61(64)39(6)62(65)59(56)55(37(4)60(63)36(3)35(34)2)53-28-27-48(51-21-12-13-22-52(51)53)44-25-26-50-47(32-44)33-46-24-23-45-31-42-17-10-11-20-49(42)57(45)58(46)50/h10-15,17-30,32H,7-9,16,31,33H2,1-6H3. The Labute approximate surface area is 389 Å². The fraction of sp³-hybridized carbons (Fsp3) is 0.194. The molecule has 0 N–H and O–H groups in total. The molecule has 6 radical (unpaired) electrons. The molecule has 3 heteroatoms. The maximum Gasteiger partial charge on any atom is 0.115 e. The van der Waals surface area contributed by atoms with Gasteiger partial charge in [0.25, 0.3) is 0 Å². The van der Waals surface area contributed by atoms with Crippen molar-refractivity contribution in [3.05, 3.63) is 189 Å². The van der Waals surface area contributed by atoms with Crippen molar-refractivity contribution >= 4 is 67.0 Å². The lowest BCUT2D eigenvalue weighted by Gasteiger charge is -2.23. The average Bonchev–Trinajstić information content (AvgIpc) is 3.91. The van der Waals surface area contributed by atoms with Gasteiger partial charge >= 0.3 is 0 Å². The van der Waals surface area contributed by atoms with E-state index in [2.05, 4.69) is 169 Å². The monoisotopic (exact) mass is 828 g/mol. The summed E-state index contributed by atoms with van der Waals surface area (Å²) in [6.07, 6.45) is 9.07. The molecule has 0 aromatic heterocycles. The lowest BCUT2D eigenvalue weighted by molar-refractivity contribution is 0.742. The van der Waals surface area contributed by atoms with Crippen LogP contribution in [0, 0.1) is 41.5 Å². The minimum atomic E-state index is 0.680. The summed E-state index contributed by atoms with van der Waals surface area (Å²) in [6, 6.07) is 45.8. The lowest BCUT2D eigenvalue weighted by atomic mass is 9.71. The zero-order valence-corrected chi connectivity index (χ0v) is 38.6. The Hall–Kier alpha value is -6.31. The number of benzene rings is 7. The molecule has 65 heavy (non-hydrogen) atoms. The topological polar surface area (TPSA) is 0 Å². The van der Waals surface area contributed by atoms with Gasteiger partial charge in [0.2, 0.25) is 0 Å². The van der Waals surface area contributed by atoms with Gasteiger partial charge in [0.15, 0.2) is 0 Å². The Morgan fingerprint density at radius 1 is 0.385 bits per heavy atom. The van der Waals surface area contributed by atoms with Gasteiger partial charge in [0.1, 0.15) is 23.5 Å². The molecule has 0 saturated carbocycles. The molecule has 0 unspecified atom stereocenters. The van der Waals surface area contributed by atoms with E-state index in [9.17, 15) is 0 Å². The molecule has 0 saturated heterocycles. The summed E-state index contributed by atoms with van der Waals surface area (Å²) >= 11 is 0. The number of fused-ring (bicyclic) bond motifs is 9. The van der Waals surface area contributed by atoms with Gasteiger partial charge in [-0.25, -0.2) is 0 Å². The fourth-order valence-electron chi connectivity index (χ4n) is 11.6. The normalized spacial score (nSPS) is 13.6. The molecule has 0 spiro atoms. The summed E-state index contributed by atoms with van der Waals surface area (Å²) in [6.45, 7) is 13.0. The molecule has 11 rings (SSSR count). The van der Waals surface area contributed by atoms with Crippen LogP contribution in [-0.4, -0.2) is 23.5 Å². The zero-order valence-electron chi connectivity index (χ0n) is 38.6. The van der Waals surface area contributed by atoms with Crippen LogP contribution in [0.2, 0.25) is 0 Å². The molecular formula is C62H51B3. The summed E-state index contributed by atoms with van der Waals surface area (Å²) in [7, 11) is 22.0. The molecule has 0 fully saturated rings. The zero-order chi connectivity index (χ0) is 44.8. The van der Waals surface area contributed by atoms with Gasteiger partial charge < -0.3 is 0 Å². The highest BCUT2D eigenvalue weighted by atomic mass is 14.3. The molecule has 308 valence electrons. The van der Waals surface area contributed by atoms with E-state index in [0.717, 1.165) is 108 Å². The molecule has 8 aromatic rings. The van der Waals surface area contributed by atoms with Crippen molar-refractivity contribution in [2.75, 3.05) is 0 Å². The Morgan fingerprint density at radius 3 is 1.77 bits per heavy atom. The molecular weight excluding hydrogens is 777 g/mol. The van der Waals surface area contributed by atoms with Crippen molar-refractivity contribution in [3.63, 3.8) is 0 Å². The van der Waals surface area contributed by atoms with Crippen LogP contribution in [-0.2, 0) is 12.8 Å². The first kappa shape index (κ1) is 41.4. The first-order valence-corrected chi connectivity index (χ1v) is 23.4. The SMILES string of the molecule is [B]c1c(C)c(C)c(C)cc(-c2cccc(C3=CCCCC3)c2)c2c(C)c([B])c(C)c([B])c2c(-c2ccc(-c3ccc4c(c3)Cc3ccc5c(c3-4)-c3ccccc3C5)c3ccccc23)c1C. The van der Waals surface area contributed by atoms with Crippen molar-refractivity contribution in [3.8, 4) is 55.6 Å². The van der Waals surface area contributed by atoms with Crippen LogP contribution in [0.25, 0.3) is 82.8 Å². The molecule has 0 nitrogen and oxygen atoms in total. The first-order valence-electron chi connectivity index (χ1n) is 23.4. The summed E-state index contributed by atoms with van der Waals surface area (Å²) in [5, 5.41) is 4.37. The van der Waals surface area contributed by atoms with Crippen molar-refractivity contribution in [1.82, 2.24) is 0 Å². The highest BCUT2D eigenvalue weighted by molar-refractivity contribution is 6.47. The third-order valence-corrected chi connectivity index (χ3v) is 15.5. The van der Waals surface area contributed by atoms with Crippen molar-refractivity contribution in [1.29, 1.82) is 0 Å². The smallest absolute Gasteiger partial charge is 0.0909 e. The van der Waals surface area contributed by atoms with E-state index in [4.69, 9.17) is 23.5 Å². The summed E-state index contributed by atoms with van der Waals surface area (Å²) in [5.74, 6) is 0. The Kier molecular flexibility index (Phi) is 10.2. The van der Waals surface area contributed by atoms with Gasteiger partial charge in [-0.15, -0.1) is 0 Å². The first-order chi connectivity index (χ1) is 31.5. The number of hydrogen-bond acceptors (Lipinski definition) is 0. The third-order valence-electron chi connectivity index (χ3n) is 15.5. The highest BCUT2D eigenvalue weighted by Gasteiger charge is 2.29. The predicted octanol–water partition coefficient (Wildman–Crippen LogP) is 13.5. The molecule has 8 aromatic carbocycles. The van der Waals surface area contributed by atoms with Gasteiger partial charge in [-0.05, 0) is 219 Å². The molecule has 0 heterocycles. The number of allylic oxidation sites excluding steroid dienone is 2. The maximum atomic E-state index is 7.50. The predicted molar refractivity (Wildman–Crippen MR) is 283 cm³/mol. The van der Waals surface area contributed by atoms with E-state index in [1.165, 1.54) is 85.0 Å². The summed E-state index contributed by atoms with van der Waals surface area (Å²) < 4.78 is 0. The molecule has 3 aliphatic carbocycles. The molecule has 0 amide bonds. The van der Waals surface area contributed by atoms with Gasteiger partial charge in [-0.1, -0.05) is 149 Å². The van der Waals surface area contributed by atoms with E-state index in [0.29, 0.717) is 5.46 Å². The average molecular weight is 829 g/mol. The van der Waals surface area contributed by atoms with Gasteiger partial charge in [0, 0.05) is 0 Å². The van der Waals surface area contributed by atoms with Crippen LogP contribution in [0.15, 0.2) is 127 Å². The molecule has 0 aliphatic heterocycles. The van der Waals surface area contributed by atoms with Gasteiger partial charge in [-0.2, -0.15) is 0 Å². The van der Waals surface area contributed by atoms with Crippen molar-refractivity contribution in [2.24, 2.45) is 0 Å². The lowest BCUT2D eigenvalue weighted by Crippen LogP contribution is -2.25. The Bertz CT molecular complexity index is 3470. The largest absolute Gasteiger partial charge is 0.115 e. The maximum absolute atomic E-state index is 7.50. The fourth-order valence-corrected chi connectivity index (χ4v) is 11.6. The van der Waals surface area contributed by atoms with Gasteiger partial charge in [0.05, 0.1) is 0 Å².